The van der Waals surface area contributed by atoms with Gasteiger partial charge < -0.3 is 10.4 Å². The minimum atomic E-state index is 0.236. The van der Waals surface area contributed by atoms with Crippen molar-refractivity contribution in [1.29, 1.82) is 0 Å². The summed E-state index contributed by atoms with van der Waals surface area (Å²) in [7, 11) is 1.89. The number of likely N-dealkylation sites (N-methyl/N-ethyl adjacent to an activating group) is 1. The summed E-state index contributed by atoms with van der Waals surface area (Å²) in [6.07, 6.45) is 0.800. The van der Waals surface area contributed by atoms with E-state index in [9.17, 15) is 5.11 Å². The Hall–Kier alpha value is -0.730. The van der Waals surface area contributed by atoms with Crippen molar-refractivity contribution in [2.45, 2.75) is 20.3 Å². The highest BCUT2D eigenvalue weighted by atomic mass is 35.5. The Morgan fingerprint density at radius 3 is 2.57 bits per heavy atom. The quantitative estimate of drug-likeness (QED) is 0.809. The van der Waals surface area contributed by atoms with Gasteiger partial charge in [0.05, 0.1) is 5.02 Å². The second-order valence-electron chi connectivity index (χ2n) is 3.51. The van der Waals surface area contributed by atoms with Crippen molar-refractivity contribution < 1.29 is 5.11 Å². The third kappa shape index (κ3) is 2.20. The Labute approximate surface area is 89.9 Å². The first-order chi connectivity index (χ1) is 6.57. The zero-order valence-corrected chi connectivity index (χ0v) is 9.57. The molecule has 3 heteroatoms. The molecule has 0 fully saturated rings. The lowest BCUT2D eigenvalue weighted by Gasteiger charge is -2.11. The smallest absolute Gasteiger partial charge is 0.137 e. The summed E-state index contributed by atoms with van der Waals surface area (Å²) in [5.74, 6) is 0.236. The lowest BCUT2D eigenvalue weighted by Crippen LogP contribution is -2.11. The number of halogens is 1. The summed E-state index contributed by atoms with van der Waals surface area (Å²) in [6.45, 7) is 4.73. The standard InChI is InChI=1S/C11H16ClNO/c1-7-6-8(2)10(12)11(14)9(7)4-5-13-3/h6,13-14H,4-5H2,1-3H3. The van der Waals surface area contributed by atoms with Crippen molar-refractivity contribution in [2.24, 2.45) is 0 Å². The maximum absolute atomic E-state index is 9.83. The van der Waals surface area contributed by atoms with E-state index >= 15 is 0 Å². The molecule has 0 radical (unpaired) electrons. The third-order valence-electron chi connectivity index (χ3n) is 2.37. The van der Waals surface area contributed by atoms with Crippen LogP contribution in [-0.4, -0.2) is 18.7 Å². The minimum absolute atomic E-state index is 0.236. The van der Waals surface area contributed by atoms with Crippen LogP contribution in [0.15, 0.2) is 6.07 Å². The van der Waals surface area contributed by atoms with Crippen LogP contribution in [0.4, 0.5) is 0 Å². The van der Waals surface area contributed by atoms with Gasteiger partial charge in [-0.1, -0.05) is 17.7 Å². The summed E-state index contributed by atoms with van der Waals surface area (Å²) >= 11 is 5.96. The lowest BCUT2D eigenvalue weighted by molar-refractivity contribution is 0.466. The second-order valence-corrected chi connectivity index (χ2v) is 3.88. The molecule has 0 amide bonds. The minimum Gasteiger partial charge on any atom is -0.506 e. The topological polar surface area (TPSA) is 32.3 Å². The van der Waals surface area contributed by atoms with Crippen LogP contribution in [0.25, 0.3) is 0 Å². The normalized spacial score (nSPS) is 10.6. The number of hydrogen-bond donors (Lipinski definition) is 2. The summed E-state index contributed by atoms with van der Waals surface area (Å²) in [4.78, 5) is 0. The van der Waals surface area contributed by atoms with Gasteiger partial charge in [0.1, 0.15) is 5.75 Å². The highest BCUT2D eigenvalue weighted by molar-refractivity contribution is 6.32. The van der Waals surface area contributed by atoms with Crippen LogP contribution < -0.4 is 5.32 Å². The number of benzene rings is 1. The molecule has 0 heterocycles. The van der Waals surface area contributed by atoms with E-state index in [1.54, 1.807) is 0 Å². The molecule has 0 unspecified atom stereocenters. The van der Waals surface area contributed by atoms with Crippen LogP contribution in [-0.2, 0) is 6.42 Å². The van der Waals surface area contributed by atoms with E-state index in [1.165, 1.54) is 0 Å². The molecule has 0 aliphatic carbocycles. The van der Waals surface area contributed by atoms with E-state index in [0.29, 0.717) is 5.02 Å². The highest BCUT2D eigenvalue weighted by Gasteiger charge is 2.11. The first-order valence-electron chi connectivity index (χ1n) is 4.70. The summed E-state index contributed by atoms with van der Waals surface area (Å²) in [6, 6.07) is 2.01. The van der Waals surface area contributed by atoms with Gasteiger partial charge >= 0.3 is 0 Å². The first kappa shape index (κ1) is 11.3. The van der Waals surface area contributed by atoms with E-state index in [1.807, 2.05) is 27.0 Å². The van der Waals surface area contributed by atoms with Crippen LogP contribution in [0.1, 0.15) is 16.7 Å². The number of nitrogens with one attached hydrogen (secondary N) is 1. The summed E-state index contributed by atoms with van der Waals surface area (Å²) in [5.41, 5.74) is 2.96. The molecule has 1 aromatic rings. The van der Waals surface area contributed by atoms with Gasteiger partial charge in [-0.3, -0.25) is 0 Å². The Morgan fingerprint density at radius 2 is 2.00 bits per heavy atom. The maximum Gasteiger partial charge on any atom is 0.137 e. The van der Waals surface area contributed by atoms with Crippen LogP contribution in [0.3, 0.4) is 0 Å². The maximum atomic E-state index is 9.83. The van der Waals surface area contributed by atoms with Crippen molar-refractivity contribution in [3.05, 3.63) is 27.8 Å². The average molecular weight is 214 g/mol. The zero-order chi connectivity index (χ0) is 10.7. The van der Waals surface area contributed by atoms with Crippen molar-refractivity contribution >= 4 is 11.6 Å². The van der Waals surface area contributed by atoms with Crippen molar-refractivity contribution in [1.82, 2.24) is 5.32 Å². The van der Waals surface area contributed by atoms with E-state index in [0.717, 1.165) is 29.7 Å². The molecule has 0 aliphatic heterocycles. The Bertz CT molecular complexity index is 337. The van der Waals surface area contributed by atoms with Crippen LogP contribution in [0.2, 0.25) is 5.02 Å². The average Bonchev–Trinajstić information content (AvgIpc) is 2.14. The fraction of sp³-hybridized carbons (Fsp3) is 0.455. The first-order valence-corrected chi connectivity index (χ1v) is 5.08. The fourth-order valence-corrected chi connectivity index (χ4v) is 1.72. The molecule has 1 rings (SSSR count). The SMILES string of the molecule is CNCCc1c(C)cc(C)c(Cl)c1O. The van der Waals surface area contributed by atoms with Gasteiger partial charge in [0.2, 0.25) is 0 Å². The summed E-state index contributed by atoms with van der Waals surface area (Å²) < 4.78 is 0. The van der Waals surface area contributed by atoms with Crippen LogP contribution in [0, 0.1) is 13.8 Å². The van der Waals surface area contributed by atoms with Gasteiger partial charge in [-0.05, 0) is 50.6 Å². The Morgan fingerprint density at radius 1 is 1.36 bits per heavy atom. The molecule has 0 atom stereocenters. The predicted molar refractivity (Wildman–Crippen MR) is 60.2 cm³/mol. The number of aromatic hydroxyl groups is 1. The Balaban J connectivity index is 3.09. The largest absolute Gasteiger partial charge is 0.506 e. The molecule has 78 valence electrons. The molecule has 0 saturated carbocycles. The van der Waals surface area contributed by atoms with Crippen LogP contribution >= 0.6 is 11.6 Å². The molecule has 1 aromatic carbocycles. The number of hydrogen-bond acceptors (Lipinski definition) is 2. The molecule has 0 saturated heterocycles. The number of rotatable bonds is 3. The third-order valence-corrected chi connectivity index (χ3v) is 2.85. The predicted octanol–water partition coefficient (Wildman–Crippen LogP) is 2.42. The molecular weight excluding hydrogens is 198 g/mol. The van der Waals surface area contributed by atoms with Gasteiger partial charge in [0, 0.05) is 0 Å². The lowest BCUT2D eigenvalue weighted by atomic mass is 10.0. The zero-order valence-electron chi connectivity index (χ0n) is 8.82. The van der Waals surface area contributed by atoms with E-state index in [-0.39, 0.29) is 5.75 Å². The molecule has 0 spiro atoms. The van der Waals surface area contributed by atoms with E-state index in [4.69, 9.17) is 11.6 Å². The van der Waals surface area contributed by atoms with Crippen molar-refractivity contribution in [2.75, 3.05) is 13.6 Å². The molecular formula is C11H16ClNO. The van der Waals surface area contributed by atoms with Crippen molar-refractivity contribution in [3.8, 4) is 5.75 Å². The molecule has 0 aromatic heterocycles. The van der Waals surface area contributed by atoms with Gasteiger partial charge in [0.15, 0.2) is 0 Å². The number of phenols is 1. The molecule has 14 heavy (non-hydrogen) atoms. The van der Waals surface area contributed by atoms with Gasteiger partial charge in [-0.15, -0.1) is 0 Å². The van der Waals surface area contributed by atoms with Gasteiger partial charge in [-0.2, -0.15) is 0 Å². The fourth-order valence-electron chi connectivity index (χ4n) is 1.55. The van der Waals surface area contributed by atoms with E-state index < -0.39 is 0 Å². The second kappa shape index (κ2) is 4.67. The van der Waals surface area contributed by atoms with Crippen LogP contribution in [0.5, 0.6) is 5.75 Å². The highest BCUT2D eigenvalue weighted by Crippen LogP contribution is 2.33. The van der Waals surface area contributed by atoms with Gasteiger partial charge in [0.25, 0.3) is 0 Å². The molecule has 2 N–H and O–H groups in total. The Kier molecular flexibility index (Phi) is 3.78. The monoisotopic (exact) mass is 213 g/mol. The van der Waals surface area contributed by atoms with E-state index in [2.05, 4.69) is 5.32 Å². The summed E-state index contributed by atoms with van der Waals surface area (Å²) in [5, 5.41) is 13.4. The van der Waals surface area contributed by atoms with Crippen molar-refractivity contribution in [3.63, 3.8) is 0 Å². The number of aryl methyl sites for hydroxylation is 2. The molecule has 0 aliphatic rings. The number of phenolic OH excluding ortho intramolecular Hbond substituents is 1. The molecule has 0 bridgehead atoms. The molecule has 2 nitrogen and oxygen atoms in total. The van der Waals surface area contributed by atoms with Gasteiger partial charge in [-0.25, -0.2) is 0 Å².